The van der Waals surface area contributed by atoms with Gasteiger partial charge in [0.1, 0.15) is 5.42 Å². The molecule has 94 valence electrons. The van der Waals surface area contributed by atoms with E-state index in [4.69, 9.17) is 9.52 Å². The van der Waals surface area contributed by atoms with Crippen LogP contribution in [0.2, 0.25) is 0 Å². The molecule has 0 saturated heterocycles. The minimum Gasteiger partial charge on any atom is -0.475 e. The van der Waals surface area contributed by atoms with Gasteiger partial charge in [-0.05, 0) is 29.7 Å². The van der Waals surface area contributed by atoms with Crippen LogP contribution in [0.15, 0.2) is 15.3 Å². The molecule has 2 bridgehead atoms. The number of hydrogen-bond acceptors (Lipinski definition) is 3. The zero-order valence-electron chi connectivity index (χ0n) is 10.2. The molecule has 1 saturated carbocycles. The molecule has 4 nitrogen and oxygen atoms in total. The van der Waals surface area contributed by atoms with Gasteiger partial charge in [0.2, 0.25) is 5.76 Å². The maximum atomic E-state index is 11.9. The highest BCUT2D eigenvalue weighted by atomic mass is 16.4. The number of carboxylic acids is 1. The molecule has 1 aromatic rings. The van der Waals surface area contributed by atoms with Gasteiger partial charge in [0, 0.05) is 6.07 Å². The van der Waals surface area contributed by atoms with Crippen molar-refractivity contribution in [2.75, 3.05) is 0 Å². The Morgan fingerprint density at radius 3 is 2.44 bits per heavy atom. The summed E-state index contributed by atoms with van der Waals surface area (Å²) in [6.07, 6.45) is 3.86. The molecular formula is C14H14O4. The van der Waals surface area contributed by atoms with Gasteiger partial charge in [-0.3, -0.25) is 4.79 Å². The Balaban J connectivity index is 2.33. The Kier molecular flexibility index (Phi) is 2.24. The Morgan fingerprint density at radius 1 is 1.22 bits per heavy atom. The summed E-state index contributed by atoms with van der Waals surface area (Å²) in [5.41, 5.74) is 0.153. The molecule has 0 radical (unpaired) electrons. The molecule has 0 aromatic carbocycles. The van der Waals surface area contributed by atoms with Crippen LogP contribution in [0.1, 0.15) is 24.4 Å². The summed E-state index contributed by atoms with van der Waals surface area (Å²) in [6.45, 7) is 4.30. The first kappa shape index (κ1) is 11.3. The summed E-state index contributed by atoms with van der Waals surface area (Å²) in [7, 11) is 0. The molecule has 0 spiro atoms. The third kappa shape index (κ3) is 1.38. The number of aromatic carboxylic acids is 1. The summed E-state index contributed by atoms with van der Waals surface area (Å²) in [4.78, 5) is 22.8. The van der Waals surface area contributed by atoms with E-state index in [1.807, 2.05) is 12.2 Å². The first-order valence-corrected chi connectivity index (χ1v) is 6.10. The summed E-state index contributed by atoms with van der Waals surface area (Å²) in [5.74, 6) is 0.208. The third-order valence-corrected chi connectivity index (χ3v) is 4.36. The maximum Gasteiger partial charge on any atom is 0.371 e. The molecule has 0 aliphatic heterocycles. The zero-order valence-corrected chi connectivity index (χ0v) is 10.2. The second-order valence-corrected chi connectivity index (χ2v) is 5.26. The van der Waals surface area contributed by atoms with Crippen molar-refractivity contribution in [1.29, 1.82) is 0 Å². The van der Waals surface area contributed by atoms with Crippen LogP contribution in [0.4, 0.5) is 0 Å². The smallest absolute Gasteiger partial charge is 0.371 e. The predicted molar refractivity (Wildman–Crippen MR) is 65.4 cm³/mol. The van der Waals surface area contributed by atoms with E-state index >= 15 is 0 Å². The Morgan fingerprint density at radius 2 is 1.83 bits per heavy atom. The van der Waals surface area contributed by atoms with E-state index in [1.54, 1.807) is 0 Å². The molecule has 4 rings (SSSR count). The van der Waals surface area contributed by atoms with E-state index in [9.17, 15) is 9.59 Å². The SMILES string of the molecule is CC1C2C=c3oc(C(=O)O)cc(=O)c3=CC1C2C. The van der Waals surface area contributed by atoms with Crippen LogP contribution in [0.5, 0.6) is 0 Å². The Hall–Kier alpha value is -1.84. The number of carboxylic acid groups (broad SMARTS) is 1. The monoisotopic (exact) mass is 246 g/mol. The van der Waals surface area contributed by atoms with Crippen molar-refractivity contribution in [3.05, 3.63) is 32.7 Å². The van der Waals surface area contributed by atoms with E-state index in [-0.39, 0.29) is 11.2 Å². The molecule has 18 heavy (non-hydrogen) atoms. The molecule has 0 amide bonds. The van der Waals surface area contributed by atoms with E-state index < -0.39 is 5.97 Å². The molecule has 3 aliphatic rings. The zero-order chi connectivity index (χ0) is 13.0. The molecule has 1 N–H and O–H groups in total. The van der Waals surface area contributed by atoms with E-state index in [2.05, 4.69) is 13.8 Å². The summed E-state index contributed by atoms with van der Waals surface area (Å²) in [6, 6.07) is 1.06. The topological polar surface area (TPSA) is 67.5 Å². The average molecular weight is 246 g/mol. The van der Waals surface area contributed by atoms with Crippen molar-refractivity contribution in [2.24, 2.45) is 23.7 Å². The number of hydrogen-bond donors (Lipinski definition) is 1. The normalized spacial score (nSPS) is 32.3. The van der Waals surface area contributed by atoms with E-state index in [0.717, 1.165) is 6.07 Å². The van der Waals surface area contributed by atoms with Crippen LogP contribution in [0.25, 0.3) is 12.2 Å². The lowest BCUT2D eigenvalue weighted by Gasteiger charge is -2.45. The molecule has 1 heterocycles. The molecule has 3 aliphatic carbocycles. The first-order valence-electron chi connectivity index (χ1n) is 6.10. The van der Waals surface area contributed by atoms with Gasteiger partial charge in [0.25, 0.3) is 0 Å². The van der Waals surface area contributed by atoms with Crippen molar-refractivity contribution in [3.8, 4) is 0 Å². The van der Waals surface area contributed by atoms with Crippen LogP contribution >= 0.6 is 0 Å². The Bertz CT molecular complexity index is 687. The fraction of sp³-hybridized carbons (Fsp3) is 0.429. The molecular weight excluding hydrogens is 232 g/mol. The van der Waals surface area contributed by atoms with Crippen LogP contribution in [0, 0.1) is 23.7 Å². The van der Waals surface area contributed by atoms with Crippen LogP contribution in [-0.2, 0) is 0 Å². The second-order valence-electron chi connectivity index (χ2n) is 5.26. The Labute approximate surface area is 103 Å². The number of carbonyl (C=O) groups is 1. The highest BCUT2D eigenvalue weighted by Crippen LogP contribution is 2.47. The van der Waals surface area contributed by atoms with Gasteiger partial charge in [-0.1, -0.05) is 19.9 Å². The summed E-state index contributed by atoms with van der Waals surface area (Å²) >= 11 is 0. The lowest BCUT2D eigenvalue weighted by Crippen LogP contribution is -2.41. The van der Waals surface area contributed by atoms with Crippen molar-refractivity contribution in [1.82, 2.24) is 0 Å². The minimum atomic E-state index is -1.21. The van der Waals surface area contributed by atoms with E-state index in [0.29, 0.717) is 34.3 Å². The van der Waals surface area contributed by atoms with Crippen molar-refractivity contribution < 1.29 is 14.3 Å². The van der Waals surface area contributed by atoms with Crippen LogP contribution in [-0.4, -0.2) is 11.1 Å². The van der Waals surface area contributed by atoms with Gasteiger partial charge < -0.3 is 9.52 Å². The highest BCUT2D eigenvalue weighted by molar-refractivity contribution is 5.84. The number of rotatable bonds is 1. The van der Waals surface area contributed by atoms with Crippen molar-refractivity contribution in [3.63, 3.8) is 0 Å². The second kappa shape index (κ2) is 3.57. The van der Waals surface area contributed by atoms with Gasteiger partial charge in [0.15, 0.2) is 5.43 Å². The van der Waals surface area contributed by atoms with Crippen LogP contribution in [0.3, 0.4) is 0 Å². The lowest BCUT2D eigenvalue weighted by molar-refractivity contribution is 0.0656. The largest absolute Gasteiger partial charge is 0.475 e. The summed E-state index contributed by atoms with van der Waals surface area (Å²) in [5, 5.41) is 9.42. The molecule has 2 unspecified atom stereocenters. The molecule has 1 fully saturated rings. The standard InChI is InChI=1S/C14H14O4/c1-6-8-3-10-11(15)5-13(14(16)17)18-12(10)4-9(6)7(8)2/h3-9H,1-2H3,(H,16,17). The fourth-order valence-corrected chi connectivity index (χ4v) is 3.21. The minimum absolute atomic E-state index is 0.267. The van der Waals surface area contributed by atoms with Gasteiger partial charge in [0.05, 0.1) is 5.22 Å². The average Bonchev–Trinajstić information content (AvgIpc) is 2.57. The molecule has 1 aromatic heterocycles. The van der Waals surface area contributed by atoms with Crippen molar-refractivity contribution in [2.45, 2.75) is 13.8 Å². The molecule has 4 heteroatoms. The maximum absolute atomic E-state index is 11.9. The van der Waals surface area contributed by atoms with Gasteiger partial charge >= 0.3 is 5.97 Å². The quantitative estimate of drug-likeness (QED) is 0.780. The third-order valence-electron chi connectivity index (χ3n) is 4.36. The van der Waals surface area contributed by atoms with Crippen LogP contribution < -0.4 is 16.1 Å². The highest BCUT2D eigenvalue weighted by Gasteiger charge is 2.43. The van der Waals surface area contributed by atoms with Gasteiger partial charge in [-0.15, -0.1) is 0 Å². The predicted octanol–water partition coefficient (Wildman–Crippen LogP) is 0.431. The fourth-order valence-electron chi connectivity index (χ4n) is 3.21. The van der Waals surface area contributed by atoms with Gasteiger partial charge in [-0.2, -0.15) is 0 Å². The van der Waals surface area contributed by atoms with Crippen molar-refractivity contribution >= 4 is 18.1 Å². The lowest BCUT2D eigenvalue weighted by atomic mass is 9.59. The molecule has 2 atom stereocenters. The summed E-state index contributed by atoms with van der Waals surface area (Å²) < 4.78 is 5.33. The van der Waals surface area contributed by atoms with Gasteiger partial charge in [-0.25, -0.2) is 4.79 Å². The first-order chi connectivity index (χ1) is 8.49. The van der Waals surface area contributed by atoms with E-state index in [1.165, 1.54) is 0 Å².